The molecule has 3 nitrogen and oxygen atoms in total. The van der Waals surface area contributed by atoms with Crippen molar-refractivity contribution in [2.75, 3.05) is 19.6 Å². The molecule has 1 aromatic rings. The molecule has 2 rings (SSSR count). The molecule has 1 fully saturated rings. The van der Waals surface area contributed by atoms with E-state index in [-0.39, 0.29) is 24.4 Å². The molecular formula is C16H25ClN2O. The fraction of sp³-hybridized carbons (Fsp3) is 0.562. The van der Waals surface area contributed by atoms with E-state index in [0.717, 1.165) is 32.5 Å². The van der Waals surface area contributed by atoms with Crippen molar-refractivity contribution < 1.29 is 4.79 Å². The Bertz CT molecular complexity index is 391. The molecule has 0 bridgehead atoms. The van der Waals surface area contributed by atoms with E-state index in [4.69, 9.17) is 0 Å². The lowest BCUT2D eigenvalue weighted by atomic mass is 10.0. The van der Waals surface area contributed by atoms with Gasteiger partial charge in [0.25, 0.3) is 0 Å². The van der Waals surface area contributed by atoms with Crippen molar-refractivity contribution in [3.8, 4) is 0 Å². The first-order valence-electron chi connectivity index (χ1n) is 7.37. The van der Waals surface area contributed by atoms with Gasteiger partial charge in [-0.3, -0.25) is 4.79 Å². The molecule has 1 saturated heterocycles. The minimum atomic E-state index is 0. The molecule has 112 valence electrons. The number of rotatable bonds is 5. The first kappa shape index (κ1) is 17.0. The summed E-state index contributed by atoms with van der Waals surface area (Å²) in [6, 6.07) is 10.4. The maximum absolute atomic E-state index is 12.4. The third-order valence-corrected chi connectivity index (χ3v) is 3.82. The highest BCUT2D eigenvalue weighted by molar-refractivity contribution is 5.85. The second-order valence-corrected chi connectivity index (χ2v) is 5.16. The van der Waals surface area contributed by atoms with Crippen LogP contribution in [0.15, 0.2) is 30.3 Å². The molecule has 1 heterocycles. The van der Waals surface area contributed by atoms with Gasteiger partial charge in [0, 0.05) is 13.1 Å². The Morgan fingerprint density at radius 1 is 1.30 bits per heavy atom. The molecule has 0 aliphatic carbocycles. The molecule has 1 amide bonds. The first-order chi connectivity index (χ1) is 9.31. The van der Waals surface area contributed by atoms with E-state index in [0.29, 0.717) is 0 Å². The Morgan fingerprint density at radius 2 is 2.05 bits per heavy atom. The van der Waals surface area contributed by atoms with Crippen LogP contribution in [0.5, 0.6) is 0 Å². The van der Waals surface area contributed by atoms with Crippen molar-refractivity contribution in [2.45, 2.75) is 38.6 Å². The molecule has 0 radical (unpaired) electrons. The van der Waals surface area contributed by atoms with Crippen LogP contribution in [-0.4, -0.2) is 36.5 Å². The third kappa shape index (κ3) is 4.80. The van der Waals surface area contributed by atoms with Crippen LogP contribution in [0.3, 0.4) is 0 Å². The predicted molar refractivity (Wildman–Crippen MR) is 85.3 cm³/mol. The molecule has 1 aliphatic rings. The summed E-state index contributed by atoms with van der Waals surface area (Å²) in [4.78, 5) is 14.4. The average molecular weight is 297 g/mol. The van der Waals surface area contributed by atoms with Gasteiger partial charge in [0.15, 0.2) is 0 Å². The molecule has 1 N–H and O–H groups in total. The Labute approximate surface area is 128 Å². The van der Waals surface area contributed by atoms with E-state index in [2.05, 4.69) is 36.5 Å². The third-order valence-electron chi connectivity index (χ3n) is 3.82. The van der Waals surface area contributed by atoms with Gasteiger partial charge in [0.05, 0.1) is 6.04 Å². The zero-order valence-corrected chi connectivity index (χ0v) is 13.0. The second kappa shape index (κ2) is 8.98. The Morgan fingerprint density at radius 3 is 2.65 bits per heavy atom. The molecule has 1 aliphatic heterocycles. The van der Waals surface area contributed by atoms with Gasteiger partial charge in [-0.05, 0) is 38.3 Å². The number of nitrogens with zero attached hydrogens (tertiary/aromatic N) is 1. The smallest absolute Gasteiger partial charge is 0.239 e. The number of nitrogens with one attached hydrogen (secondary N) is 1. The van der Waals surface area contributed by atoms with Crippen molar-refractivity contribution >= 4 is 18.3 Å². The summed E-state index contributed by atoms with van der Waals surface area (Å²) in [6.07, 6.45) is 4.29. The van der Waals surface area contributed by atoms with Gasteiger partial charge >= 0.3 is 0 Å². The SMILES string of the molecule is CCN(CCc1ccccc1)C(=O)[C@@H]1CCCCN1.Cl. The molecule has 0 unspecified atom stereocenters. The number of hydrogen-bond acceptors (Lipinski definition) is 2. The van der Waals surface area contributed by atoms with Crippen LogP contribution in [-0.2, 0) is 11.2 Å². The number of carbonyl (C=O) groups excluding carboxylic acids is 1. The number of likely N-dealkylation sites (N-methyl/N-ethyl adjacent to an activating group) is 1. The maximum Gasteiger partial charge on any atom is 0.239 e. The minimum absolute atomic E-state index is 0. The number of carbonyl (C=O) groups is 1. The lowest BCUT2D eigenvalue weighted by Gasteiger charge is -2.29. The minimum Gasteiger partial charge on any atom is -0.341 e. The average Bonchev–Trinajstić information content (AvgIpc) is 2.49. The summed E-state index contributed by atoms with van der Waals surface area (Å²) < 4.78 is 0. The van der Waals surface area contributed by atoms with E-state index in [1.54, 1.807) is 0 Å². The van der Waals surface area contributed by atoms with Crippen molar-refractivity contribution in [3.63, 3.8) is 0 Å². The standard InChI is InChI=1S/C16H24N2O.ClH/c1-2-18(13-11-14-8-4-3-5-9-14)16(19)15-10-6-7-12-17-15;/h3-5,8-9,15,17H,2,6-7,10-13H2,1H3;1H/t15-;/m0./s1. The summed E-state index contributed by atoms with van der Waals surface area (Å²) >= 11 is 0. The van der Waals surface area contributed by atoms with Crippen molar-refractivity contribution in [1.82, 2.24) is 10.2 Å². The number of amides is 1. The zero-order chi connectivity index (χ0) is 13.5. The molecule has 0 spiro atoms. The number of halogens is 1. The molecule has 1 atom stereocenters. The van der Waals surface area contributed by atoms with Crippen molar-refractivity contribution in [2.24, 2.45) is 0 Å². The van der Waals surface area contributed by atoms with E-state index in [1.807, 2.05) is 11.0 Å². The Hall–Kier alpha value is -1.06. The van der Waals surface area contributed by atoms with Gasteiger partial charge in [0.1, 0.15) is 0 Å². The molecule has 0 aromatic heterocycles. The maximum atomic E-state index is 12.4. The number of hydrogen-bond donors (Lipinski definition) is 1. The summed E-state index contributed by atoms with van der Waals surface area (Å²) in [6.45, 7) is 4.65. The lowest BCUT2D eigenvalue weighted by Crippen LogP contribution is -2.49. The molecule has 0 saturated carbocycles. The van der Waals surface area contributed by atoms with E-state index in [9.17, 15) is 4.79 Å². The monoisotopic (exact) mass is 296 g/mol. The summed E-state index contributed by atoms with van der Waals surface area (Å²) in [7, 11) is 0. The highest BCUT2D eigenvalue weighted by Gasteiger charge is 2.24. The number of benzene rings is 1. The first-order valence-corrected chi connectivity index (χ1v) is 7.37. The van der Waals surface area contributed by atoms with Gasteiger partial charge in [-0.1, -0.05) is 36.8 Å². The lowest BCUT2D eigenvalue weighted by molar-refractivity contribution is -0.133. The fourth-order valence-corrected chi connectivity index (χ4v) is 2.62. The Kier molecular flexibility index (Phi) is 7.63. The molecule has 1 aromatic carbocycles. The van der Waals surface area contributed by atoms with Crippen molar-refractivity contribution in [1.29, 1.82) is 0 Å². The molecular weight excluding hydrogens is 272 g/mol. The van der Waals surface area contributed by atoms with Gasteiger partial charge < -0.3 is 10.2 Å². The summed E-state index contributed by atoms with van der Waals surface area (Å²) in [5.74, 6) is 0.276. The van der Waals surface area contributed by atoms with Gasteiger partial charge in [-0.15, -0.1) is 12.4 Å². The van der Waals surface area contributed by atoms with Crippen LogP contribution >= 0.6 is 12.4 Å². The van der Waals surface area contributed by atoms with Crippen LogP contribution in [0.25, 0.3) is 0 Å². The van der Waals surface area contributed by atoms with Gasteiger partial charge in [-0.2, -0.15) is 0 Å². The van der Waals surface area contributed by atoms with Gasteiger partial charge in [0.2, 0.25) is 5.91 Å². The second-order valence-electron chi connectivity index (χ2n) is 5.16. The topological polar surface area (TPSA) is 32.3 Å². The van der Waals surface area contributed by atoms with E-state index >= 15 is 0 Å². The zero-order valence-electron chi connectivity index (χ0n) is 12.2. The molecule has 20 heavy (non-hydrogen) atoms. The summed E-state index contributed by atoms with van der Waals surface area (Å²) in [5.41, 5.74) is 1.30. The predicted octanol–water partition coefficient (Wildman–Crippen LogP) is 2.64. The van der Waals surface area contributed by atoms with E-state index in [1.165, 1.54) is 18.4 Å². The van der Waals surface area contributed by atoms with Crippen LogP contribution < -0.4 is 5.32 Å². The number of piperidine rings is 1. The normalized spacial score (nSPS) is 18.1. The van der Waals surface area contributed by atoms with Crippen LogP contribution in [0, 0.1) is 0 Å². The molecule has 4 heteroatoms. The van der Waals surface area contributed by atoms with Crippen LogP contribution in [0.2, 0.25) is 0 Å². The highest BCUT2D eigenvalue weighted by Crippen LogP contribution is 2.10. The largest absolute Gasteiger partial charge is 0.341 e. The quantitative estimate of drug-likeness (QED) is 0.906. The highest BCUT2D eigenvalue weighted by atomic mass is 35.5. The summed E-state index contributed by atoms with van der Waals surface area (Å²) in [5, 5.41) is 3.34. The van der Waals surface area contributed by atoms with Crippen LogP contribution in [0.1, 0.15) is 31.7 Å². The van der Waals surface area contributed by atoms with Crippen LogP contribution in [0.4, 0.5) is 0 Å². The van der Waals surface area contributed by atoms with Gasteiger partial charge in [-0.25, -0.2) is 0 Å². The Balaban J connectivity index is 0.00000200. The fourth-order valence-electron chi connectivity index (χ4n) is 2.62. The van der Waals surface area contributed by atoms with Crippen molar-refractivity contribution in [3.05, 3.63) is 35.9 Å². The van der Waals surface area contributed by atoms with E-state index < -0.39 is 0 Å².